The molecular formula is C19H24ClN3O2. The number of nitrogens with zero attached hydrogens (tertiary/aromatic N) is 2. The molecule has 134 valence electrons. The van der Waals surface area contributed by atoms with Gasteiger partial charge in [0, 0.05) is 50.4 Å². The van der Waals surface area contributed by atoms with Crippen molar-refractivity contribution in [3.63, 3.8) is 0 Å². The van der Waals surface area contributed by atoms with Crippen molar-refractivity contribution < 1.29 is 9.53 Å². The van der Waals surface area contributed by atoms with Crippen molar-refractivity contribution in [3.8, 4) is 0 Å². The Kier molecular flexibility index (Phi) is 3.80. The maximum atomic E-state index is 12.4. The Labute approximate surface area is 153 Å². The molecule has 2 bridgehead atoms. The Hall–Kier alpha value is -1.17. The van der Waals surface area contributed by atoms with E-state index in [1.165, 1.54) is 25.8 Å². The van der Waals surface area contributed by atoms with Crippen LogP contribution in [-0.2, 0) is 4.74 Å². The molecule has 25 heavy (non-hydrogen) atoms. The number of ether oxygens (including phenoxy) is 1. The van der Waals surface area contributed by atoms with E-state index in [1.54, 1.807) is 18.5 Å². The molecule has 4 fully saturated rings. The van der Waals surface area contributed by atoms with Crippen LogP contribution in [0.3, 0.4) is 0 Å². The number of nitrogens with one attached hydrogen (secondary N) is 1. The van der Waals surface area contributed by atoms with Gasteiger partial charge in [0.1, 0.15) is 0 Å². The fourth-order valence-corrected chi connectivity index (χ4v) is 5.39. The number of carbonyl (C=O) groups is 1. The molecule has 1 aromatic heterocycles. The topological polar surface area (TPSA) is 54.5 Å². The Bertz CT molecular complexity index is 695. The van der Waals surface area contributed by atoms with Crippen LogP contribution in [0.5, 0.6) is 0 Å². The van der Waals surface area contributed by atoms with Crippen LogP contribution in [-0.4, -0.2) is 53.7 Å². The number of carbonyl (C=O) groups excluding carboxylic acids is 1. The van der Waals surface area contributed by atoms with Crippen LogP contribution < -0.4 is 5.32 Å². The predicted octanol–water partition coefficient (Wildman–Crippen LogP) is 2.35. The molecule has 4 heterocycles. The third-order valence-electron chi connectivity index (χ3n) is 6.53. The van der Waals surface area contributed by atoms with E-state index >= 15 is 0 Å². The number of halogens is 1. The van der Waals surface area contributed by atoms with Gasteiger partial charge in [-0.15, -0.1) is 0 Å². The molecule has 1 spiro atoms. The van der Waals surface area contributed by atoms with Crippen molar-refractivity contribution in [1.82, 2.24) is 15.2 Å². The van der Waals surface area contributed by atoms with E-state index < -0.39 is 0 Å². The number of likely N-dealkylation sites (tertiary alicyclic amines) is 1. The fraction of sp³-hybridized carbons (Fsp3) is 0.684. The van der Waals surface area contributed by atoms with Gasteiger partial charge in [-0.1, -0.05) is 11.6 Å². The molecule has 0 radical (unpaired) electrons. The number of fused-ring (bicyclic) bond motifs is 1. The Balaban J connectivity index is 1.24. The maximum Gasteiger partial charge on any atom is 0.252 e. The maximum absolute atomic E-state index is 12.4. The number of hydrogen-bond donors (Lipinski definition) is 1. The lowest BCUT2D eigenvalue weighted by Gasteiger charge is -2.29. The van der Waals surface area contributed by atoms with E-state index in [1.807, 2.05) is 0 Å². The molecule has 1 saturated carbocycles. The standard InChI is InChI=1S/C19H24ClN3O2/c20-14-5-13(6-21-7-14)18(24)22-8-15-16-10-23(9-12-1-2-12)11-19(16)4-3-17(15)25-19/h5-7,12,15-17H,1-4,8-11H2,(H,22,24)/t15-,16+,17+,19+/m0/s1. The average molecular weight is 362 g/mol. The molecule has 1 N–H and O–H groups in total. The Morgan fingerprint density at radius 2 is 2.28 bits per heavy atom. The summed E-state index contributed by atoms with van der Waals surface area (Å²) in [7, 11) is 0. The van der Waals surface area contributed by atoms with Crippen LogP contribution in [0.2, 0.25) is 5.02 Å². The summed E-state index contributed by atoms with van der Waals surface area (Å²) in [5.74, 6) is 1.80. The summed E-state index contributed by atoms with van der Waals surface area (Å²) in [5.41, 5.74) is 0.583. The average Bonchev–Trinajstić information content (AvgIpc) is 3.09. The van der Waals surface area contributed by atoms with Crippen molar-refractivity contribution in [2.75, 3.05) is 26.2 Å². The van der Waals surface area contributed by atoms with E-state index in [0.717, 1.165) is 25.4 Å². The number of pyridine rings is 1. The van der Waals surface area contributed by atoms with Crippen molar-refractivity contribution in [2.24, 2.45) is 17.8 Å². The quantitative estimate of drug-likeness (QED) is 0.874. The zero-order chi connectivity index (χ0) is 17.0. The van der Waals surface area contributed by atoms with E-state index in [2.05, 4.69) is 15.2 Å². The van der Waals surface area contributed by atoms with Crippen molar-refractivity contribution >= 4 is 17.5 Å². The van der Waals surface area contributed by atoms with E-state index in [9.17, 15) is 4.79 Å². The Morgan fingerprint density at radius 3 is 3.08 bits per heavy atom. The zero-order valence-electron chi connectivity index (χ0n) is 14.3. The van der Waals surface area contributed by atoms with Gasteiger partial charge < -0.3 is 10.1 Å². The molecule has 4 aliphatic rings. The molecule has 1 amide bonds. The number of aromatic nitrogens is 1. The van der Waals surface area contributed by atoms with Gasteiger partial charge >= 0.3 is 0 Å². The molecule has 1 aliphatic carbocycles. The summed E-state index contributed by atoms with van der Waals surface area (Å²) < 4.78 is 6.46. The van der Waals surface area contributed by atoms with Crippen LogP contribution in [0.4, 0.5) is 0 Å². The normalized spacial score (nSPS) is 36.6. The predicted molar refractivity (Wildman–Crippen MR) is 94.6 cm³/mol. The molecule has 5 nitrogen and oxygen atoms in total. The van der Waals surface area contributed by atoms with Gasteiger partial charge in [0.2, 0.25) is 0 Å². The molecule has 6 heteroatoms. The third kappa shape index (κ3) is 2.86. The first-order chi connectivity index (χ1) is 12.1. The van der Waals surface area contributed by atoms with Gasteiger partial charge in [-0.25, -0.2) is 0 Å². The summed E-state index contributed by atoms with van der Waals surface area (Å²) in [4.78, 5) is 19.0. The highest BCUT2D eigenvalue weighted by molar-refractivity contribution is 6.30. The summed E-state index contributed by atoms with van der Waals surface area (Å²) in [6, 6.07) is 1.66. The fourth-order valence-electron chi connectivity index (χ4n) is 5.21. The minimum Gasteiger partial charge on any atom is -0.370 e. The summed E-state index contributed by atoms with van der Waals surface area (Å²) in [6.07, 6.45) is 8.52. The smallest absolute Gasteiger partial charge is 0.252 e. The molecule has 4 atom stereocenters. The van der Waals surface area contributed by atoms with Gasteiger partial charge in [-0.05, 0) is 37.7 Å². The monoisotopic (exact) mass is 361 g/mol. The second-order valence-electron chi connectivity index (χ2n) is 8.27. The van der Waals surface area contributed by atoms with Crippen LogP contribution in [0.15, 0.2) is 18.5 Å². The summed E-state index contributed by atoms with van der Waals surface area (Å²) in [6.45, 7) is 4.14. The molecule has 3 saturated heterocycles. The van der Waals surface area contributed by atoms with Crippen LogP contribution in [0.25, 0.3) is 0 Å². The number of hydrogen-bond acceptors (Lipinski definition) is 4. The SMILES string of the molecule is O=C(NC[C@H]1[C@H]2CN(CC3CC3)C[C@]23CC[C@H]1O3)c1cncc(Cl)c1. The highest BCUT2D eigenvalue weighted by atomic mass is 35.5. The molecule has 3 aliphatic heterocycles. The van der Waals surface area contributed by atoms with E-state index in [-0.39, 0.29) is 11.5 Å². The molecule has 0 unspecified atom stereocenters. The molecule has 5 rings (SSSR count). The van der Waals surface area contributed by atoms with Gasteiger partial charge in [0.15, 0.2) is 0 Å². The first-order valence-electron chi connectivity index (χ1n) is 9.42. The van der Waals surface area contributed by atoms with Crippen LogP contribution >= 0.6 is 11.6 Å². The second-order valence-corrected chi connectivity index (χ2v) is 8.71. The lowest BCUT2D eigenvalue weighted by molar-refractivity contribution is 0.00244. The minimum atomic E-state index is -0.0975. The van der Waals surface area contributed by atoms with Crippen LogP contribution in [0.1, 0.15) is 36.0 Å². The number of amides is 1. The first-order valence-corrected chi connectivity index (χ1v) is 9.80. The summed E-state index contributed by atoms with van der Waals surface area (Å²) >= 11 is 5.93. The van der Waals surface area contributed by atoms with Crippen molar-refractivity contribution in [3.05, 3.63) is 29.0 Å². The van der Waals surface area contributed by atoms with Crippen molar-refractivity contribution in [1.29, 1.82) is 0 Å². The highest BCUT2D eigenvalue weighted by Crippen LogP contribution is 2.55. The second kappa shape index (κ2) is 5.93. The lowest BCUT2D eigenvalue weighted by Crippen LogP contribution is -2.41. The third-order valence-corrected chi connectivity index (χ3v) is 6.74. The van der Waals surface area contributed by atoms with Crippen molar-refractivity contribution in [2.45, 2.75) is 37.4 Å². The van der Waals surface area contributed by atoms with E-state index in [0.29, 0.717) is 35.1 Å². The van der Waals surface area contributed by atoms with Gasteiger partial charge in [0.25, 0.3) is 5.91 Å². The lowest BCUT2D eigenvalue weighted by atomic mass is 9.73. The van der Waals surface area contributed by atoms with Gasteiger partial charge in [0.05, 0.1) is 22.3 Å². The summed E-state index contributed by atoms with van der Waals surface area (Å²) in [5, 5.41) is 3.58. The Morgan fingerprint density at radius 1 is 1.40 bits per heavy atom. The van der Waals surface area contributed by atoms with Gasteiger partial charge in [-0.3, -0.25) is 14.7 Å². The molecular weight excluding hydrogens is 338 g/mol. The highest BCUT2D eigenvalue weighted by Gasteiger charge is 2.62. The number of rotatable bonds is 5. The van der Waals surface area contributed by atoms with Crippen LogP contribution in [0, 0.1) is 17.8 Å². The first kappa shape index (κ1) is 16.0. The zero-order valence-corrected chi connectivity index (χ0v) is 15.0. The molecule has 1 aromatic rings. The minimum absolute atomic E-state index is 0.0621. The van der Waals surface area contributed by atoms with Gasteiger partial charge in [-0.2, -0.15) is 0 Å². The molecule has 0 aromatic carbocycles. The largest absolute Gasteiger partial charge is 0.370 e. The van der Waals surface area contributed by atoms with E-state index in [4.69, 9.17) is 16.3 Å².